The topological polar surface area (TPSA) is 97.1 Å². The SMILES string of the molecule is CC(=O)Nc1ccc(-c2csc3nc(Nc4nc5ccccc5nc4C)nn23)cc1. The van der Waals surface area contributed by atoms with Crippen molar-refractivity contribution in [3.05, 3.63) is 59.6 Å². The predicted octanol–water partition coefficient (Wildman–Crippen LogP) is 4.41. The van der Waals surface area contributed by atoms with Crippen molar-refractivity contribution < 1.29 is 4.79 Å². The van der Waals surface area contributed by atoms with E-state index >= 15 is 0 Å². The fraction of sp³-hybridized carbons (Fsp3) is 0.0952. The van der Waals surface area contributed by atoms with Crippen molar-refractivity contribution in [3.8, 4) is 11.3 Å². The zero-order valence-corrected chi connectivity index (χ0v) is 17.1. The summed E-state index contributed by atoms with van der Waals surface area (Å²) in [6.07, 6.45) is 0. The van der Waals surface area contributed by atoms with Gasteiger partial charge in [0.05, 0.1) is 22.4 Å². The Balaban J connectivity index is 1.46. The smallest absolute Gasteiger partial charge is 0.249 e. The average molecular weight is 415 g/mol. The number of thiazole rings is 1. The quantitative estimate of drug-likeness (QED) is 0.451. The second-order valence-electron chi connectivity index (χ2n) is 6.78. The molecule has 0 atom stereocenters. The molecule has 148 valence electrons. The molecule has 3 aromatic heterocycles. The summed E-state index contributed by atoms with van der Waals surface area (Å²) in [7, 11) is 0. The zero-order chi connectivity index (χ0) is 20.7. The molecule has 0 aliphatic carbocycles. The van der Waals surface area contributed by atoms with Crippen molar-refractivity contribution in [2.24, 2.45) is 0 Å². The summed E-state index contributed by atoms with van der Waals surface area (Å²) in [6, 6.07) is 15.4. The van der Waals surface area contributed by atoms with Gasteiger partial charge in [-0.15, -0.1) is 16.4 Å². The highest BCUT2D eigenvalue weighted by Crippen LogP contribution is 2.28. The van der Waals surface area contributed by atoms with E-state index in [1.54, 1.807) is 4.52 Å². The molecule has 0 spiro atoms. The van der Waals surface area contributed by atoms with Gasteiger partial charge in [-0.05, 0) is 31.2 Å². The number of carbonyl (C=O) groups excluding carboxylic acids is 1. The number of amides is 1. The third-order valence-electron chi connectivity index (χ3n) is 4.56. The standard InChI is InChI=1S/C21H17N7OS/c1-12-19(24-17-6-4-3-5-16(17)22-12)25-20-26-21-28(27-20)18(11-30-21)14-7-9-15(10-8-14)23-13(2)29/h3-11H,1-2H3,(H,23,29)(H,24,25,27). The van der Waals surface area contributed by atoms with E-state index in [4.69, 9.17) is 0 Å². The highest BCUT2D eigenvalue weighted by molar-refractivity contribution is 7.15. The van der Waals surface area contributed by atoms with E-state index in [1.165, 1.54) is 18.3 Å². The van der Waals surface area contributed by atoms with Crippen LogP contribution in [0.3, 0.4) is 0 Å². The van der Waals surface area contributed by atoms with E-state index in [9.17, 15) is 4.79 Å². The van der Waals surface area contributed by atoms with Crippen LogP contribution in [0.25, 0.3) is 27.3 Å². The fourth-order valence-electron chi connectivity index (χ4n) is 3.17. The lowest BCUT2D eigenvalue weighted by atomic mass is 10.1. The van der Waals surface area contributed by atoms with Crippen LogP contribution in [0.2, 0.25) is 0 Å². The molecule has 5 aromatic rings. The number of rotatable bonds is 4. The number of aromatic nitrogens is 5. The van der Waals surface area contributed by atoms with Gasteiger partial charge in [-0.3, -0.25) is 4.79 Å². The fourth-order valence-corrected chi connectivity index (χ4v) is 4.00. The first-order valence-electron chi connectivity index (χ1n) is 9.29. The van der Waals surface area contributed by atoms with Crippen molar-refractivity contribution >= 4 is 50.7 Å². The molecule has 2 N–H and O–H groups in total. The normalized spacial score (nSPS) is 11.1. The number of nitrogens with zero attached hydrogens (tertiary/aromatic N) is 5. The number of fused-ring (bicyclic) bond motifs is 2. The number of hydrogen-bond acceptors (Lipinski definition) is 7. The summed E-state index contributed by atoms with van der Waals surface area (Å²) >= 11 is 1.51. The van der Waals surface area contributed by atoms with Crippen LogP contribution in [-0.2, 0) is 4.79 Å². The molecule has 0 saturated carbocycles. The number of hydrogen-bond donors (Lipinski definition) is 2. The summed E-state index contributed by atoms with van der Waals surface area (Å²) < 4.78 is 1.80. The molecular weight excluding hydrogens is 398 g/mol. The Morgan fingerprint density at radius 3 is 2.47 bits per heavy atom. The third-order valence-corrected chi connectivity index (χ3v) is 5.37. The van der Waals surface area contributed by atoms with E-state index in [2.05, 4.69) is 30.7 Å². The van der Waals surface area contributed by atoms with Gasteiger partial charge in [-0.1, -0.05) is 24.3 Å². The second kappa shape index (κ2) is 7.20. The van der Waals surface area contributed by atoms with E-state index in [1.807, 2.05) is 60.8 Å². The Labute approximate surface area is 175 Å². The molecule has 0 saturated heterocycles. The van der Waals surface area contributed by atoms with E-state index in [-0.39, 0.29) is 5.91 Å². The Kier molecular flexibility index (Phi) is 4.36. The van der Waals surface area contributed by atoms with Crippen molar-refractivity contribution in [2.45, 2.75) is 13.8 Å². The van der Waals surface area contributed by atoms with E-state index in [0.29, 0.717) is 11.8 Å². The summed E-state index contributed by atoms with van der Waals surface area (Å²) in [5, 5.41) is 12.6. The lowest BCUT2D eigenvalue weighted by Crippen LogP contribution is -2.05. The number of nitrogens with one attached hydrogen (secondary N) is 2. The molecular formula is C21H17N7OS. The molecule has 2 aromatic carbocycles. The minimum Gasteiger partial charge on any atom is -0.326 e. The predicted molar refractivity (Wildman–Crippen MR) is 118 cm³/mol. The minimum absolute atomic E-state index is 0.0975. The van der Waals surface area contributed by atoms with Crippen LogP contribution in [0.1, 0.15) is 12.6 Å². The summed E-state index contributed by atoms with van der Waals surface area (Å²) in [5.41, 5.74) is 5.10. The molecule has 0 radical (unpaired) electrons. The molecule has 0 aliphatic rings. The molecule has 0 unspecified atom stereocenters. The maximum atomic E-state index is 11.2. The van der Waals surface area contributed by atoms with Gasteiger partial charge in [0.25, 0.3) is 0 Å². The average Bonchev–Trinajstić information content (AvgIpc) is 3.29. The maximum absolute atomic E-state index is 11.2. The Morgan fingerprint density at radius 2 is 1.73 bits per heavy atom. The van der Waals surface area contributed by atoms with Crippen molar-refractivity contribution in [3.63, 3.8) is 0 Å². The summed E-state index contributed by atoms with van der Waals surface area (Å²) in [6.45, 7) is 3.39. The van der Waals surface area contributed by atoms with Crippen LogP contribution in [0, 0.1) is 6.92 Å². The maximum Gasteiger partial charge on any atom is 0.249 e. The first kappa shape index (κ1) is 18.2. The van der Waals surface area contributed by atoms with Crippen LogP contribution >= 0.6 is 11.3 Å². The first-order chi connectivity index (χ1) is 14.6. The van der Waals surface area contributed by atoms with Crippen LogP contribution in [0.5, 0.6) is 0 Å². The third kappa shape index (κ3) is 3.35. The lowest BCUT2D eigenvalue weighted by Gasteiger charge is -2.06. The highest BCUT2D eigenvalue weighted by Gasteiger charge is 2.14. The Bertz CT molecular complexity index is 1390. The molecule has 0 bridgehead atoms. The molecule has 5 rings (SSSR count). The minimum atomic E-state index is -0.0975. The molecule has 8 nitrogen and oxygen atoms in total. The van der Waals surface area contributed by atoms with Crippen molar-refractivity contribution in [1.82, 2.24) is 24.6 Å². The zero-order valence-electron chi connectivity index (χ0n) is 16.2. The van der Waals surface area contributed by atoms with Gasteiger partial charge in [-0.2, -0.15) is 4.98 Å². The van der Waals surface area contributed by atoms with Gasteiger partial charge in [0, 0.05) is 23.6 Å². The monoisotopic (exact) mass is 415 g/mol. The Morgan fingerprint density at radius 1 is 1.00 bits per heavy atom. The molecule has 9 heteroatoms. The van der Waals surface area contributed by atoms with Crippen molar-refractivity contribution in [2.75, 3.05) is 10.6 Å². The van der Waals surface area contributed by atoms with Gasteiger partial charge in [0.2, 0.25) is 16.8 Å². The van der Waals surface area contributed by atoms with Gasteiger partial charge in [0.15, 0.2) is 5.82 Å². The molecule has 0 fully saturated rings. The van der Waals surface area contributed by atoms with Crippen LogP contribution < -0.4 is 10.6 Å². The van der Waals surface area contributed by atoms with Crippen LogP contribution in [-0.4, -0.2) is 30.5 Å². The summed E-state index contributed by atoms with van der Waals surface area (Å²) in [4.78, 5) is 25.8. The molecule has 1 amide bonds. The molecule has 0 aliphatic heterocycles. The number of benzene rings is 2. The largest absolute Gasteiger partial charge is 0.326 e. The van der Waals surface area contributed by atoms with Crippen molar-refractivity contribution in [1.29, 1.82) is 0 Å². The first-order valence-corrected chi connectivity index (χ1v) is 10.2. The Hall–Kier alpha value is -3.85. The molecule has 30 heavy (non-hydrogen) atoms. The highest BCUT2D eigenvalue weighted by atomic mass is 32.1. The van der Waals surface area contributed by atoms with Crippen LogP contribution in [0.4, 0.5) is 17.5 Å². The van der Waals surface area contributed by atoms with Gasteiger partial charge in [-0.25, -0.2) is 14.5 Å². The van der Waals surface area contributed by atoms with Gasteiger partial charge in [0.1, 0.15) is 0 Å². The summed E-state index contributed by atoms with van der Waals surface area (Å²) in [5.74, 6) is 0.999. The van der Waals surface area contributed by atoms with E-state index in [0.717, 1.165) is 38.6 Å². The van der Waals surface area contributed by atoms with Crippen LogP contribution in [0.15, 0.2) is 53.9 Å². The number of aryl methyl sites for hydroxylation is 1. The van der Waals surface area contributed by atoms with E-state index < -0.39 is 0 Å². The lowest BCUT2D eigenvalue weighted by molar-refractivity contribution is -0.114. The number of para-hydroxylation sites is 2. The van der Waals surface area contributed by atoms with Gasteiger partial charge >= 0.3 is 0 Å². The number of carbonyl (C=O) groups is 1. The second-order valence-corrected chi connectivity index (χ2v) is 7.62. The molecule has 3 heterocycles. The van der Waals surface area contributed by atoms with Gasteiger partial charge < -0.3 is 10.6 Å². The number of anilines is 3.